The molecule has 8 heteroatoms. The summed E-state index contributed by atoms with van der Waals surface area (Å²) < 4.78 is 0.823. The molecule has 2 rings (SSSR count). The van der Waals surface area contributed by atoms with Gasteiger partial charge in [0.2, 0.25) is 0 Å². The Morgan fingerprint density at radius 3 is 2.60 bits per heavy atom. The second-order valence-electron chi connectivity index (χ2n) is 3.78. The second-order valence-corrected chi connectivity index (χ2v) is 5.51. The molecule has 0 atom stereocenters. The number of nitrogen functional groups attached to an aromatic ring is 1. The zero-order chi connectivity index (χ0) is 14.7. The topological polar surface area (TPSA) is 80.0 Å². The highest BCUT2D eigenvalue weighted by atomic mass is 79.9. The first-order chi connectivity index (χ1) is 9.51. The van der Waals surface area contributed by atoms with Crippen LogP contribution >= 0.6 is 39.1 Å². The van der Waals surface area contributed by atoms with Crippen LogP contribution in [-0.2, 0) is 0 Å². The van der Waals surface area contributed by atoms with Crippen LogP contribution in [0.3, 0.4) is 0 Å². The summed E-state index contributed by atoms with van der Waals surface area (Å²) >= 11 is 15.2. The predicted molar refractivity (Wildman–Crippen MR) is 84.2 cm³/mol. The monoisotopic (exact) mass is 374 g/mol. The van der Waals surface area contributed by atoms with E-state index in [2.05, 4.69) is 31.7 Å². The van der Waals surface area contributed by atoms with Crippen molar-refractivity contribution in [2.45, 2.75) is 0 Å². The second kappa shape index (κ2) is 6.41. The van der Waals surface area contributed by atoms with Crippen molar-refractivity contribution in [3.05, 3.63) is 50.5 Å². The first-order valence-corrected chi connectivity index (χ1v) is 6.94. The lowest BCUT2D eigenvalue weighted by Gasteiger charge is -2.08. The van der Waals surface area contributed by atoms with Crippen LogP contribution in [0.5, 0.6) is 0 Å². The van der Waals surface area contributed by atoms with Crippen LogP contribution in [0, 0.1) is 0 Å². The maximum Gasteiger partial charge on any atom is 0.257 e. The van der Waals surface area contributed by atoms with Crippen LogP contribution in [-0.4, -0.2) is 10.9 Å². The molecule has 0 saturated heterocycles. The molecule has 5 nitrogen and oxygen atoms in total. The fourth-order valence-electron chi connectivity index (χ4n) is 1.45. The number of hydrazine groups is 1. The van der Waals surface area contributed by atoms with Crippen molar-refractivity contribution in [3.8, 4) is 0 Å². The molecule has 20 heavy (non-hydrogen) atoms. The maximum atomic E-state index is 12.1. The fraction of sp³-hybridized carbons (Fsp3) is 0. The molecule has 0 aliphatic heterocycles. The molecule has 0 fully saturated rings. The molecule has 1 heterocycles. The van der Waals surface area contributed by atoms with Gasteiger partial charge >= 0.3 is 0 Å². The van der Waals surface area contributed by atoms with Gasteiger partial charge in [-0.2, -0.15) is 0 Å². The van der Waals surface area contributed by atoms with Crippen molar-refractivity contribution in [2.75, 3.05) is 10.7 Å². The molecule has 0 spiro atoms. The summed E-state index contributed by atoms with van der Waals surface area (Å²) in [6.07, 6.45) is 1.36. The summed E-state index contributed by atoms with van der Waals surface area (Å²) in [6.45, 7) is 0. The van der Waals surface area contributed by atoms with Crippen molar-refractivity contribution in [2.24, 2.45) is 5.84 Å². The molecule has 1 aromatic heterocycles. The molecule has 0 aliphatic rings. The van der Waals surface area contributed by atoms with E-state index >= 15 is 0 Å². The molecular weight excluding hydrogens is 367 g/mol. The van der Waals surface area contributed by atoms with E-state index in [1.807, 2.05) is 0 Å². The average molecular weight is 376 g/mol. The largest absolute Gasteiger partial charge is 0.321 e. The van der Waals surface area contributed by atoms with Crippen LogP contribution in [0.15, 0.2) is 34.9 Å². The standard InChI is InChI=1S/C12H9BrCl2N4O/c13-7-1-2-10(8(14)4-7)18-12(20)6-3-9(15)11(19-16)17-5-6/h1-5H,16H2,(H,17,19)(H,18,20). The summed E-state index contributed by atoms with van der Waals surface area (Å²) in [7, 11) is 0. The van der Waals surface area contributed by atoms with Crippen molar-refractivity contribution in [1.82, 2.24) is 4.98 Å². The van der Waals surface area contributed by atoms with E-state index < -0.39 is 0 Å². The number of nitrogens with zero attached hydrogens (tertiary/aromatic N) is 1. The van der Waals surface area contributed by atoms with Crippen LogP contribution in [0.25, 0.3) is 0 Å². The summed E-state index contributed by atoms with van der Waals surface area (Å²) in [5.74, 6) is 5.14. The van der Waals surface area contributed by atoms with Crippen LogP contribution in [0.4, 0.5) is 11.5 Å². The van der Waals surface area contributed by atoms with Gasteiger partial charge < -0.3 is 10.7 Å². The van der Waals surface area contributed by atoms with Crippen LogP contribution in [0.2, 0.25) is 10.0 Å². The number of benzene rings is 1. The molecule has 104 valence electrons. The van der Waals surface area contributed by atoms with Gasteiger partial charge in [0.05, 0.1) is 21.3 Å². The maximum absolute atomic E-state index is 12.1. The number of carbonyl (C=O) groups excluding carboxylic acids is 1. The lowest BCUT2D eigenvalue weighted by molar-refractivity contribution is 0.102. The highest BCUT2D eigenvalue weighted by molar-refractivity contribution is 9.10. The Balaban J connectivity index is 2.21. The van der Waals surface area contributed by atoms with E-state index in [0.717, 1.165) is 4.47 Å². The molecule has 0 aliphatic carbocycles. The third-order valence-corrected chi connectivity index (χ3v) is 3.51. The highest BCUT2D eigenvalue weighted by Gasteiger charge is 2.11. The number of hydrogen-bond acceptors (Lipinski definition) is 4. The van der Waals surface area contributed by atoms with Crippen LogP contribution in [0.1, 0.15) is 10.4 Å². The Hall–Kier alpha value is -1.34. The molecule has 1 aromatic carbocycles. The number of halogens is 3. The van der Waals surface area contributed by atoms with E-state index in [-0.39, 0.29) is 10.9 Å². The number of rotatable bonds is 3. The first kappa shape index (κ1) is 15.1. The molecule has 0 saturated carbocycles. The smallest absolute Gasteiger partial charge is 0.257 e. The van der Waals surface area contributed by atoms with Gasteiger partial charge in [-0.25, -0.2) is 10.8 Å². The summed E-state index contributed by atoms with van der Waals surface area (Å²) in [6, 6.07) is 6.61. The Morgan fingerprint density at radius 1 is 1.25 bits per heavy atom. The van der Waals surface area contributed by atoms with Crippen LogP contribution < -0.4 is 16.6 Å². The third kappa shape index (κ3) is 3.40. The number of carbonyl (C=O) groups is 1. The lowest BCUT2D eigenvalue weighted by Crippen LogP contribution is -2.14. The van der Waals surface area contributed by atoms with E-state index in [4.69, 9.17) is 29.0 Å². The SMILES string of the molecule is NNc1ncc(C(=O)Nc2ccc(Br)cc2Cl)cc1Cl. The summed E-state index contributed by atoms with van der Waals surface area (Å²) in [4.78, 5) is 16.0. The number of pyridine rings is 1. The minimum absolute atomic E-state index is 0.252. The number of amides is 1. The van der Waals surface area contributed by atoms with Crippen molar-refractivity contribution < 1.29 is 4.79 Å². The van der Waals surface area contributed by atoms with Crippen molar-refractivity contribution in [3.63, 3.8) is 0 Å². The molecule has 4 N–H and O–H groups in total. The van der Waals surface area contributed by atoms with E-state index in [1.54, 1.807) is 18.2 Å². The molecular formula is C12H9BrCl2N4O. The molecule has 0 unspecified atom stereocenters. The Bertz CT molecular complexity index is 666. The quantitative estimate of drug-likeness (QED) is 0.564. The first-order valence-electron chi connectivity index (χ1n) is 5.40. The molecule has 0 bridgehead atoms. The van der Waals surface area contributed by atoms with Crippen molar-refractivity contribution >= 4 is 56.5 Å². The van der Waals surface area contributed by atoms with Gasteiger partial charge in [-0.15, -0.1) is 0 Å². The zero-order valence-electron chi connectivity index (χ0n) is 9.95. The van der Waals surface area contributed by atoms with E-state index in [9.17, 15) is 4.79 Å². The molecule has 1 amide bonds. The van der Waals surface area contributed by atoms with E-state index in [0.29, 0.717) is 22.1 Å². The Labute approximate surface area is 133 Å². The molecule has 2 aromatic rings. The fourth-order valence-corrected chi connectivity index (χ4v) is 2.40. The summed E-state index contributed by atoms with van der Waals surface area (Å²) in [5.41, 5.74) is 3.12. The number of nitrogens with one attached hydrogen (secondary N) is 2. The van der Waals surface area contributed by atoms with Crippen molar-refractivity contribution in [1.29, 1.82) is 0 Å². The number of anilines is 2. The lowest BCUT2D eigenvalue weighted by atomic mass is 10.2. The number of aromatic nitrogens is 1. The normalized spacial score (nSPS) is 10.2. The van der Waals surface area contributed by atoms with Gasteiger partial charge in [0.15, 0.2) is 5.82 Å². The average Bonchev–Trinajstić information content (AvgIpc) is 2.41. The zero-order valence-corrected chi connectivity index (χ0v) is 13.1. The summed E-state index contributed by atoms with van der Waals surface area (Å²) in [5, 5.41) is 3.35. The van der Waals surface area contributed by atoms with Gasteiger partial charge in [0, 0.05) is 10.7 Å². The van der Waals surface area contributed by atoms with Gasteiger partial charge in [-0.3, -0.25) is 4.79 Å². The highest BCUT2D eigenvalue weighted by Crippen LogP contribution is 2.26. The minimum Gasteiger partial charge on any atom is -0.321 e. The van der Waals surface area contributed by atoms with Gasteiger partial charge in [0.25, 0.3) is 5.91 Å². The van der Waals surface area contributed by atoms with E-state index in [1.165, 1.54) is 12.3 Å². The Morgan fingerprint density at radius 2 is 2.00 bits per heavy atom. The minimum atomic E-state index is -0.368. The van der Waals surface area contributed by atoms with Gasteiger partial charge in [0.1, 0.15) is 0 Å². The number of hydrogen-bond donors (Lipinski definition) is 3. The third-order valence-electron chi connectivity index (χ3n) is 2.42. The Kier molecular flexibility index (Phi) is 4.82. The number of nitrogens with two attached hydrogens (primary N) is 1. The van der Waals surface area contributed by atoms with Gasteiger partial charge in [-0.05, 0) is 24.3 Å². The molecule has 0 radical (unpaired) electrons. The predicted octanol–water partition coefficient (Wildman–Crippen LogP) is 3.69. The van der Waals surface area contributed by atoms with Gasteiger partial charge in [-0.1, -0.05) is 39.1 Å².